The summed E-state index contributed by atoms with van der Waals surface area (Å²) >= 11 is 0. The van der Waals surface area contributed by atoms with Gasteiger partial charge in [-0.05, 0) is 48.5 Å². The van der Waals surface area contributed by atoms with Gasteiger partial charge in [0.25, 0.3) is 0 Å². The van der Waals surface area contributed by atoms with Gasteiger partial charge in [0.15, 0.2) is 0 Å². The van der Waals surface area contributed by atoms with E-state index in [1.165, 1.54) is 22.9 Å². The minimum absolute atomic E-state index is 0.166. The van der Waals surface area contributed by atoms with Crippen molar-refractivity contribution in [2.45, 2.75) is 12.4 Å². The van der Waals surface area contributed by atoms with E-state index in [1.54, 1.807) is 0 Å². The molecule has 0 aliphatic rings. The molecule has 4 nitrogen and oxygen atoms in total. The zero-order valence-electron chi connectivity index (χ0n) is 15.2. The van der Waals surface area contributed by atoms with Crippen LogP contribution in [0.4, 0.5) is 30.7 Å². The first-order chi connectivity index (χ1) is 14.5. The average Bonchev–Trinajstić information content (AvgIpc) is 3.35. The van der Waals surface area contributed by atoms with E-state index >= 15 is 0 Å². The first-order valence-corrected chi connectivity index (χ1v) is 8.59. The van der Waals surface area contributed by atoms with Crippen LogP contribution in [-0.4, -0.2) is 14.7 Å². The zero-order valence-corrected chi connectivity index (χ0v) is 15.2. The minimum Gasteiger partial charge on any atom is -0.350 e. The van der Waals surface area contributed by atoms with E-state index in [2.05, 4.69) is 14.7 Å². The van der Waals surface area contributed by atoms with Crippen LogP contribution in [-0.2, 0) is 12.4 Å². The number of hydrogen-bond acceptors (Lipinski definition) is 3. The van der Waals surface area contributed by atoms with Gasteiger partial charge in [-0.2, -0.15) is 26.3 Å². The van der Waals surface area contributed by atoms with Gasteiger partial charge in [0.05, 0.1) is 23.1 Å². The Labute approximate surface area is 169 Å². The fraction of sp³-hybridized carbons (Fsp3) is 0.100. The van der Waals surface area contributed by atoms with Gasteiger partial charge >= 0.3 is 12.4 Å². The molecule has 0 amide bonds. The van der Waals surface area contributed by atoms with Gasteiger partial charge in [-0.25, -0.2) is 9.37 Å². The van der Waals surface area contributed by atoms with Crippen molar-refractivity contribution in [3.8, 4) is 28.2 Å². The second-order valence-corrected chi connectivity index (χ2v) is 6.45. The van der Waals surface area contributed by atoms with E-state index < -0.39 is 35.1 Å². The van der Waals surface area contributed by atoms with Crippen LogP contribution in [0, 0.1) is 5.82 Å². The molecule has 0 bridgehead atoms. The second-order valence-electron chi connectivity index (χ2n) is 6.45. The number of rotatable bonds is 3. The van der Waals surface area contributed by atoms with E-state index in [0.29, 0.717) is 0 Å². The Morgan fingerprint density at radius 1 is 0.806 bits per heavy atom. The summed E-state index contributed by atoms with van der Waals surface area (Å²) in [5.74, 6) is -1.99. The largest absolute Gasteiger partial charge is 0.453 e. The highest BCUT2D eigenvalue weighted by atomic mass is 19.4. The highest BCUT2D eigenvalue weighted by molar-refractivity contribution is 5.80. The van der Waals surface area contributed by atoms with E-state index in [1.807, 2.05) is 0 Å². The van der Waals surface area contributed by atoms with Crippen molar-refractivity contribution in [1.82, 2.24) is 14.7 Å². The van der Waals surface area contributed by atoms with Crippen LogP contribution >= 0.6 is 0 Å². The van der Waals surface area contributed by atoms with Gasteiger partial charge in [0.2, 0.25) is 5.76 Å². The molecule has 0 aliphatic heterocycles. The Morgan fingerprint density at radius 3 is 2.03 bits per heavy atom. The van der Waals surface area contributed by atoms with Crippen molar-refractivity contribution in [3.05, 3.63) is 78.2 Å². The number of halogens is 7. The summed E-state index contributed by atoms with van der Waals surface area (Å²) in [5, 5.41) is 3.49. The maximum absolute atomic E-state index is 13.5. The van der Waals surface area contributed by atoms with Gasteiger partial charge in [-0.3, -0.25) is 0 Å². The van der Waals surface area contributed by atoms with Crippen LogP contribution in [0.25, 0.3) is 28.2 Å². The molecule has 4 rings (SSSR count). The Morgan fingerprint density at radius 2 is 1.45 bits per heavy atom. The molecule has 0 spiro atoms. The molecule has 0 unspecified atom stereocenters. The Bertz CT molecular complexity index is 1200. The maximum atomic E-state index is 13.5. The van der Waals surface area contributed by atoms with Crippen LogP contribution in [0.5, 0.6) is 0 Å². The fourth-order valence-corrected chi connectivity index (χ4v) is 2.94. The molecular formula is C20H10F7N3O. The normalized spacial score (nSPS) is 12.4. The van der Waals surface area contributed by atoms with Gasteiger partial charge < -0.3 is 9.09 Å². The third-order valence-electron chi connectivity index (χ3n) is 4.40. The summed E-state index contributed by atoms with van der Waals surface area (Å²) in [6.07, 6.45) is -7.05. The Kier molecular flexibility index (Phi) is 4.83. The van der Waals surface area contributed by atoms with Crippen molar-refractivity contribution in [2.24, 2.45) is 0 Å². The highest BCUT2D eigenvalue weighted by Crippen LogP contribution is 2.42. The number of hydrogen-bond donors (Lipinski definition) is 0. The first-order valence-electron chi connectivity index (χ1n) is 8.59. The molecule has 0 radical (unpaired) electrons. The summed E-state index contributed by atoms with van der Waals surface area (Å²) in [7, 11) is 0. The van der Waals surface area contributed by atoms with Gasteiger partial charge in [-0.15, -0.1) is 0 Å². The molecule has 0 N–H and O–H groups in total. The number of benzene rings is 2. The van der Waals surface area contributed by atoms with Crippen LogP contribution < -0.4 is 0 Å². The lowest BCUT2D eigenvalue weighted by atomic mass is 10.0. The lowest BCUT2D eigenvalue weighted by Gasteiger charge is -2.08. The summed E-state index contributed by atoms with van der Waals surface area (Å²) in [6, 6.07) is 8.61. The lowest BCUT2D eigenvalue weighted by Crippen LogP contribution is -2.05. The quantitative estimate of drug-likeness (QED) is 0.347. The highest BCUT2D eigenvalue weighted by Gasteiger charge is 2.41. The molecule has 0 fully saturated rings. The maximum Gasteiger partial charge on any atom is 0.453 e. The van der Waals surface area contributed by atoms with Crippen molar-refractivity contribution in [3.63, 3.8) is 0 Å². The van der Waals surface area contributed by atoms with Crippen LogP contribution in [0.1, 0.15) is 11.3 Å². The zero-order chi connectivity index (χ0) is 22.4. The predicted molar refractivity (Wildman–Crippen MR) is 94.5 cm³/mol. The van der Waals surface area contributed by atoms with Gasteiger partial charge in [0.1, 0.15) is 11.5 Å². The molecule has 0 atom stereocenters. The molecular weight excluding hydrogens is 431 g/mol. The van der Waals surface area contributed by atoms with Crippen LogP contribution in [0.2, 0.25) is 0 Å². The minimum atomic E-state index is -4.89. The summed E-state index contributed by atoms with van der Waals surface area (Å²) in [6.45, 7) is 0. The molecule has 160 valence electrons. The van der Waals surface area contributed by atoms with E-state index in [4.69, 9.17) is 0 Å². The van der Waals surface area contributed by atoms with Crippen molar-refractivity contribution in [2.75, 3.05) is 0 Å². The smallest absolute Gasteiger partial charge is 0.350 e. The molecule has 0 aliphatic carbocycles. The first kappa shape index (κ1) is 20.6. The molecule has 2 aromatic carbocycles. The van der Waals surface area contributed by atoms with Crippen molar-refractivity contribution >= 4 is 0 Å². The SMILES string of the molecule is Fc1ccc(-c2noc(C(F)(F)F)c2-c2cn(-c3ccc(C(F)(F)F)cc3)cn2)cc1. The number of nitrogens with zero attached hydrogens (tertiary/aromatic N) is 3. The summed E-state index contributed by atoms with van der Waals surface area (Å²) < 4.78 is 97.6. The molecule has 11 heteroatoms. The number of alkyl halides is 6. The number of aromatic nitrogens is 3. The predicted octanol–water partition coefficient (Wildman–Crippen LogP) is 6.37. The number of imidazole rings is 1. The molecule has 2 heterocycles. The molecule has 2 aromatic heterocycles. The van der Waals surface area contributed by atoms with Gasteiger partial charge in [-0.1, -0.05) is 5.16 Å². The van der Waals surface area contributed by atoms with Crippen molar-refractivity contribution < 1.29 is 35.3 Å². The van der Waals surface area contributed by atoms with E-state index in [0.717, 1.165) is 42.7 Å². The topological polar surface area (TPSA) is 43.9 Å². The molecule has 31 heavy (non-hydrogen) atoms. The fourth-order valence-electron chi connectivity index (χ4n) is 2.94. The van der Waals surface area contributed by atoms with E-state index in [9.17, 15) is 30.7 Å². The third kappa shape index (κ3) is 4.03. The van der Waals surface area contributed by atoms with Gasteiger partial charge in [0, 0.05) is 17.4 Å². The monoisotopic (exact) mass is 441 g/mol. The lowest BCUT2D eigenvalue weighted by molar-refractivity contribution is -0.155. The Balaban J connectivity index is 1.79. The van der Waals surface area contributed by atoms with E-state index in [-0.39, 0.29) is 22.6 Å². The molecule has 0 saturated heterocycles. The van der Waals surface area contributed by atoms with Crippen molar-refractivity contribution in [1.29, 1.82) is 0 Å². The van der Waals surface area contributed by atoms with Crippen LogP contribution in [0.15, 0.2) is 65.6 Å². The van der Waals surface area contributed by atoms with Crippen LogP contribution in [0.3, 0.4) is 0 Å². The second kappa shape index (κ2) is 7.25. The molecule has 0 saturated carbocycles. The standard InChI is InChI=1S/C20H10F7N3O/c21-13-5-1-11(2-6-13)17-16(18(31-29-17)20(25,26)27)15-9-30(10-28-15)14-7-3-12(4-8-14)19(22,23)24/h1-10H. The average molecular weight is 441 g/mol. The molecule has 4 aromatic rings. The summed E-state index contributed by atoms with van der Waals surface area (Å²) in [5.41, 5.74) is -1.30. The Hall–Kier alpha value is -3.63. The third-order valence-corrected chi connectivity index (χ3v) is 4.40. The summed E-state index contributed by atoms with van der Waals surface area (Å²) in [4.78, 5) is 3.95.